The summed E-state index contributed by atoms with van der Waals surface area (Å²) in [4.78, 5) is 29.2. The lowest BCUT2D eigenvalue weighted by atomic mass is 9.80. The molecule has 0 fully saturated rings. The maximum Gasteiger partial charge on any atom is 0.416 e. The number of aromatic nitrogens is 2. The number of fused-ring (bicyclic) bond motifs is 1. The summed E-state index contributed by atoms with van der Waals surface area (Å²) in [5.41, 5.74) is 2.07. The Labute approximate surface area is 265 Å². The molecule has 3 aromatic carbocycles. The summed E-state index contributed by atoms with van der Waals surface area (Å²) in [6, 6.07) is 19.4. The highest BCUT2D eigenvalue weighted by Gasteiger charge is 2.41. The number of nitrogens with one attached hydrogen (secondary N) is 1. The van der Waals surface area contributed by atoms with Crippen molar-refractivity contribution in [3.8, 4) is 5.69 Å². The van der Waals surface area contributed by atoms with Gasteiger partial charge in [-0.25, -0.2) is 9.07 Å². The van der Waals surface area contributed by atoms with Crippen LogP contribution in [-0.2, 0) is 17.4 Å². The molecule has 1 aromatic heterocycles. The summed E-state index contributed by atoms with van der Waals surface area (Å²) in [6.07, 6.45) is -0.340. The summed E-state index contributed by atoms with van der Waals surface area (Å²) >= 11 is 0. The van der Waals surface area contributed by atoms with Crippen molar-refractivity contribution in [3.05, 3.63) is 125 Å². The third-order valence-electron chi connectivity index (χ3n) is 8.03. The van der Waals surface area contributed by atoms with Crippen molar-refractivity contribution < 1.29 is 27.2 Å². The van der Waals surface area contributed by atoms with E-state index in [1.165, 1.54) is 35.2 Å². The molecule has 1 aliphatic rings. The Morgan fingerprint density at radius 2 is 1.74 bits per heavy atom. The Balaban J connectivity index is 1.62. The van der Waals surface area contributed by atoms with Gasteiger partial charge < -0.3 is 15.1 Å². The van der Waals surface area contributed by atoms with E-state index in [0.29, 0.717) is 25.9 Å². The predicted octanol–water partition coefficient (Wildman–Crippen LogP) is 6.38. The largest absolute Gasteiger partial charge is 0.416 e. The summed E-state index contributed by atoms with van der Waals surface area (Å²) in [5, 5.41) is 8.06. The first-order valence-electron chi connectivity index (χ1n) is 15.0. The molecule has 7 nitrogen and oxygen atoms in total. The number of likely N-dealkylation sites (N-methyl/N-ethyl adjacent to an activating group) is 2. The van der Waals surface area contributed by atoms with Gasteiger partial charge in [-0.3, -0.25) is 9.59 Å². The molecule has 0 saturated carbocycles. The predicted molar refractivity (Wildman–Crippen MR) is 169 cm³/mol. The zero-order chi connectivity index (χ0) is 33.0. The number of carbonyl (C=O) groups is 2. The fourth-order valence-corrected chi connectivity index (χ4v) is 5.77. The fourth-order valence-electron chi connectivity index (χ4n) is 5.77. The van der Waals surface area contributed by atoms with E-state index in [9.17, 15) is 27.2 Å². The third kappa shape index (κ3) is 6.98. The summed E-state index contributed by atoms with van der Waals surface area (Å²) in [5.74, 6) is -0.903. The Morgan fingerprint density at radius 3 is 2.39 bits per heavy atom. The van der Waals surface area contributed by atoms with Crippen molar-refractivity contribution in [1.82, 2.24) is 20.0 Å². The first-order valence-corrected chi connectivity index (χ1v) is 15.0. The van der Waals surface area contributed by atoms with E-state index in [4.69, 9.17) is 5.10 Å². The van der Waals surface area contributed by atoms with Gasteiger partial charge in [-0.15, -0.1) is 0 Å². The number of hydrogen-bond donors (Lipinski definition) is 1. The summed E-state index contributed by atoms with van der Waals surface area (Å²) < 4.78 is 56.4. The van der Waals surface area contributed by atoms with Gasteiger partial charge >= 0.3 is 6.18 Å². The summed E-state index contributed by atoms with van der Waals surface area (Å²) in [6.45, 7) is 2.85. The standard InChI is InChI=1S/C35H35F4N5O2/c1-4-43-22-29(40-33(46)24-11-10-12-25(21-24)35(37,38)39)31(23-17-19-26(36)20-18-23)32-28(15-8-9-16-30(45)42(2)3)41-44(34(32)43)27-13-6-5-7-14-27/h5-7,9-14,16-21,29,31H,4,8,15,22H2,1-3H3,(H,40,46)/b16-9+/t29-,31-/m1/s1. The van der Waals surface area contributed by atoms with Gasteiger partial charge in [0.25, 0.3) is 5.91 Å². The number of nitrogens with zero attached hydrogens (tertiary/aromatic N) is 4. The second-order valence-electron chi connectivity index (χ2n) is 11.3. The maximum absolute atomic E-state index is 14.1. The molecule has 0 spiro atoms. The van der Waals surface area contributed by atoms with Crippen LogP contribution in [-0.4, -0.2) is 59.7 Å². The van der Waals surface area contributed by atoms with E-state index >= 15 is 0 Å². The van der Waals surface area contributed by atoms with Crippen LogP contribution in [0.4, 0.5) is 23.4 Å². The number of carbonyl (C=O) groups excluding carboxylic acids is 2. The van der Waals surface area contributed by atoms with Gasteiger partial charge in [0.1, 0.15) is 11.6 Å². The topological polar surface area (TPSA) is 70.5 Å². The van der Waals surface area contributed by atoms with Gasteiger partial charge in [-0.05, 0) is 73.9 Å². The van der Waals surface area contributed by atoms with E-state index in [-0.39, 0.29) is 11.5 Å². The molecule has 46 heavy (non-hydrogen) atoms. The molecule has 2 heterocycles. The SMILES string of the molecule is CCN1C[C@@H](NC(=O)c2cccc(C(F)(F)F)c2)[C@@H](c2ccc(F)cc2)c2c(CC/C=C/C(=O)N(C)C)nn(-c3ccccc3)c21. The molecule has 0 saturated heterocycles. The molecule has 2 atom stereocenters. The molecule has 240 valence electrons. The minimum Gasteiger partial charge on any atom is -0.354 e. The van der Waals surface area contributed by atoms with E-state index in [1.807, 2.05) is 41.9 Å². The number of rotatable bonds is 9. The highest BCUT2D eigenvalue weighted by Crippen LogP contribution is 2.43. The molecule has 4 aromatic rings. The molecular weight excluding hydrogens is 598 g/mol. The first kappa shape index (κ1) is 32.5. The molecule has 1 aliphatic heterocycles. The van der Waals surface area contributed by atoms with Crippen molar-refractivity contribution in [3.63, 3.8) is 0 Å². The van der Waals surface area contributed by atoms with Crippen LogP contribution >= 0.6 is 0 Å². The number of allylic oxidation sites excluding steroid dienone is 1. The highest BCUT2D eigenvalue weighted by atomic mass is 19.4. The normalized spacial score (nSPS) is 16.4. The molecule has 0 bridgehead atoms. The number of para-hydroxylation sites is 1. The zero-order valence-corrected chi connectivity index (χ0v) is 25.8. The van der Waals surface area contributed by atoms with Crippen molar-refractivity contribution in [2.75, 3.05) is 32.1 Å². The van der Waals surface area contributed by atoms with Crippen LogP contribution in [0.15, 0.2) is 91.0 Å². The van der Waals surface area contributed by atoms with Crippen LogP contribution in [0.5, 0.6) is 0 Å². The quantitative estimate of drug-likeness (QED) is 0.172. The minimum absolute atomic E-state index is 0.113. The fraction of sp³-hybridized carbons (Fsp3) is 0.286. The van der Waals surface area contributed by atoms with Crippen molar-refractivity contribution >= 4 is 17.6 Å². The second kappa shape index (κ2) is 13.6. The lowest BCUT2D eigenvalue weighted by Crippen LogP contribution is -2.51. The first-order chi connectivity index (χ1) is 22.0. The number of alkyl halides is 3. The smallest absolute Gasteiger partial charge is 0.354 e. The van der Waals surface area contributed by atoms with Gasteiger partial charge in [0.05, 0.1) is 23.0 Å². The van der Waals surface area contributed by atoms with E-state index < -0.39 is 35.4 Å². The van der Waals surface area contributed by atoms with Crippen LogP contribution in [0, 0.1) is 5.82 Å². The summed E-state index contributed by atoms with van der Waals surface area (Å²) in [7, 11) is 3.34. The second-order valence-corrected chi connectivity index (χ2v) is 11.3. The average Bonchev–Trinajstić information content (AvgIpc) is 3.42. The van der Waals surface area contributed by atoms with Crippen molar-refractivity contribution in [1.29, 1.82) is 0 Å². The van der Waals surface area contributed by atoms with Gasteiger partial charge in [-0.1, -0.05) is 42.5 Å². The molecule has 0 aliphatic carbocycles. The zero-order valence-electron chi connectivity index (χ0n) is 25.8. The van der Waals surface area contributed by atoms with Gasteiger partial charge in [-0.2, -0.15) is 18.3 Å². The van der Waals surface area contributed by atoms with Crippen LogP contribution in [0.25, 0.3) is 5.69 Å². The Morgan fingerprint density at radius 1 is 1.02 bits per heavy atom. The lowest BCUT2D eigenvalue weighted by molar-refractivity contribution is -0.137. The van der Waals surface area contributed by atoms with Gasteiger partial charge in [0.15, 0.2) is 0 Å². The van der Waals surface area contributed by atoms with Gasteiger partial charge in [0.2, 0.25) is 5.91 Å². The monoisotopic (exact) mass is 633 g/mol. The van der Waals surface area contributed by atoms with E-state index in [1.54, 1.807) is 32.3 Å². The lowest BCUT2D eigenvalue weighted by Gasteiger charge is -2.40. The van der Waals surface area contributed by atoms with Gasteiger partial charge in [0, 0.05) is 44.2 Å². The molecule has 2 amide bonds. The van der Waals surface area contributed by atoms with Crippen LogP contribution in [0.2, 0.25) is 0 Å². The number of anilines is 1. The number of benzene rings is 3. The van der Waals surface area contributed by atoms with E-state index in [0.717, 1.165) is 40.5 Å². The molecule has 5 rings (SSSR count). The number of halogens is 4. The molecule has 0 radical (unpaired) electrons. The number of aryl methyl sites for hydroxylation is 1. The molecule has 1 N–H and O–H groups in total. The van der Waals surface area contributed by atoms with Crippen LogP contribution < -0.4 is 10.2 Å². The Bertz CT molecular complexity index is 1720. The maximum atomic E-state index is 14.1. The Hall–Kier alpha value is -4.93. The average molecular weight is 634 g/mol. The highest BCUT2D eigenvalue weighted by molar-refractivity contribution is 5.95. The van der Waals surface area contributed by atoms with Crippen molar-refractivity contribution in [2.45, 2.75) is 37.9 Å². The molecular formula is C35H35F4N5O2. The van der Waals surface area contributed by atoms with E-state index in [2.05, 4.69) is 10.2 Å². The van der Waals surface area contributed by atoms with Crippen LogP contribution in [0.1, 0.15) is 52.0 Å². The molecule has 0 unspecified atom stereocenters. The third-order valence-corrected chi connectivity index (χ3v) is 8.03. The number of amides is 2. The minimum atomic E-state index is -4.60. The van der Waals surface area contributed by atoms with Crippen LogP contribution in [0.3, 0.4) is 0 Å². The molecule has 11 heteroatoms. The Kier molecular flexibility index (Phi) is 9.60. The van der Waals surface area contributed by atoms with Crippen molar-refractivity contribution in [2.24, 2.45) is 0 Å². The number of hydrogen-bond acceptors (Lipinski definition) is 4.